The molecule has 1 aliphatic carbocycles. The highest BCUT2D eigenvalue weighted by Crippen LogP contribution is 2.28. The van der Waals surface area contributed by atoms with Crippen LogP contribution in [0.25, 0.3) is 0 Å². The summed E-state index contributed by atoms with van der Waals surface area (Å²) in [6.45, 7) is 1.67. The van der Waals surface area contributed by atoms with Gasteiger partial charge in [0.1, 0.15) is 0 Å². The topological polar surface area (TPSA) is 70.9 Å². The maximum atomic E-state index is 12.5. The summed E-state index contributed by atoms with van der Waals surface area (Å²) < 4.78 is 37.6. The van der Waals surface area contributed by atoms with E-state index in [1.807, 2.05) is 0 Å². The lowest BCUT2D eigenvalue weighted by atomic mass is 10.3. The highest BCUT2D eigenvalue weighted by atomic mass is 19.4. The smallest absolute Gasteiger partial charge is 0.386 e. The van der Waals surface area contributed by atoms with Crippen LogP contribution in [-0.2, 0) is 15.8 Å². The zero-order valence-corrected chi connectivity index (χ0v) is 14.2. The van der Waals surface area contributed by atoms with E-state index in [9.17, 15) is 18.0 Å². The largest absolute Gasteiger partial charge is 0.419 e. The lowest BCUT2D eigenvalue weighted by Crippen LogP contribution is -2.50. The lowest BCUT2D eigenvalue weighted by molar-refractivity contribution is -0.138. The third-order valence-corrected chi connectivity index (χ3v) is 4.44. The van der Waals surface area contributed by atoms with Crippen LogP contribution in [0.3, 0.4) is 0 Å². The van der Waals surface area contributed by atoms with Gasteiger partial charge in [0, 0.05) is 38.6 Å². The fourth-order valence-electron chi connectivity index (χ4n) is 2.93. The molecule has 1 aromatic rings. The van der Waals surface area contributed by atoms with Crippen molar-refractivity contribution in [3.8, 4) is 0 Å². The van der Waals surface area contributed by atoms with Crippen LogP contribution < -0.4 is 4.90 Å². The van der Waals surface area contributed by atoms with Gasteiger partial charge in [0.2, 0.25) is 5.95 Å². The second-order valence-electron chi connectivity index (χ2n) is 6.28. The molecule has 1 aliphatic heterocycles. The molecule has 0 N–H and O–H groups in total. The number of carbonyl (C=O) groups is 1. The number of oxime groups is 1. The Labute approximate surface area is 148 Å². The molecule has 1 amide bonds. The van der Waals surface area contributed by atoms with Crippen LogP contribution in [0.4, 0.5) is 19.1 Å². The molecule has 0 aromatic carbocycles. The molecule has 1 saturated heterocycles. The van der Waals surface area contributed by atoms with Gasteiger partial charge in [-0.15, -0.1) is 0 Å². The molecular weight excluding hydrogens is 351 g/mol. The first-order valence-electron chi connectivity index (χ1n) is 8.53. The van der Waals surface area contributed by atoms with Crippen molar-refractivity contribution in [3.63, 3.8) is 0 Å². The van der Waals surface area contributed by atoms with Crippen molar-refractivity contribution in [2.45, 2.75) is 31.9 Å². The van der Waals surface area contributed by atoms with Crippen molar-refractivity contribution in [1.29, 1.82) is 0 Å². The number of halogens is 3. The SMILES string of the molecule is O=C(CON=C1CCCC1)N1CCN(c2ncc(C(F)(F)F)cn2)CC1. The minimum atomic E-state index is -4.45. The average Bonchev–Trinajstić information content (AvgIpc) is 3.15. The summed E-state index contributed by atoms with van der Waals surface area (Å²) in [6, 6.07) is 0. The molecule has 2 aliphatic rings. The fraction of sp³-hybridized carbons (Fsp3) is 0.625. The van der Waals surface area contributed by atoms with Gasteiger partial charge in [0.15, 0.2) is 6.61 Å². The Morgan fingerprint density at radius 2 is 1.73 bits per heavy atom. The molecule has 2 heterocycles. The number of nitrogens with zero attached hydrogens (tertiary/aromatic N) is 5. The summed E-state index contributed by atoms with van der Waals surface area (Å²) in [4.78, 5) is 28.2. The Kier molecular flexibility index (Phi) is 5.58. The highest BCUT2D eigenvalue weighted by Gasteiger charge is 2.32. The van der Waals surface area contributed by atoms with E-state index in [1.54, 1.807) is 9.80 Å². The van der Waals surface area contributed by atoms with E-state index in [4.69, 9.17) is 4.84 Å². The number of carbonyl (C=O) groups excluding carboxylic acids is 1. The molecule has 1 aromatic heterocycles. The van der Waals surface area contributed by atoms with Gasteiger partial charge in [-0.2, -0.15) is 13.2 Å². The van der Waals surface area contributed by atoms with Crippen molar-refractivity contribution >= 4 is 17.6 Å². The Hall–Kier alpha value is -2.39. The summed E-state index contributed by atoms with van der Waals surface area (Å²) in [5.74, 6) is 0.0781. The van der Waals surface area contributed by atoms with Crippen LogP contribution in [0, 0.1) is 0 Å². The Morgan fingerprint density at radius 3 is 2.31 bits per heavy atom. The number of anilines is 1. The van der Waals surface area contributed by atoms with E-state index in [1.165, 1.54) is 0 Å². The molecule has 7 nitrogen and oxygen atoms in total. The molecule has 0 spiro atoms. The maximum Gasteiger partial charge on any atom is 0.419 e. The number of hydrogen-bond donors (Lipinski definition) is 0. The average molecular weight is 371 g/mol. The third kappa shape index (κ3) is 4.61. The summed E-state index contributed by atoms with van der Waals surface area (Å²) in [6.07, 6.45) is 1.19. The van der Waals surface area contributed by atoms with E-state index >= 15 is 0 Å². The van der Waals surface area contributed by atoms with Gasteiger partial charge in [-0.1, -0.05) is 5.16 Å². The maximum absolute atomic E-state index is 12.5. The summed E-state index contributed by atoms with van der Waals surface area (Å²) in [5.41, 5.74) is 0.123. The molecule has 0 radical (unpaired) electrons. The summed E-state index contributed by atoms with van der Waals surface area (Å²) in [7, 11) is 0. The Bertz CT molecular complexity index is 647. The van der Waals surface area contributed by atoms with Crippen LogP contribution in [0.5, 0.6) is 0 Å². The van der Waals surface area contributed by atoms with Crippen LogP contribution in [0.15, 0.2) is 17.5 Å². The van der Waals surface area contributed by atoms with Gasteiger partial charge in [-0.05, 0) is 25.7 Å². The van der Waals surface area contributed by atoms with Gasteiger partial charge in [0.25, 0.3) is 5.91 Å². The van der Waals surface area contributed by atoms with Crippen molar-refractivity contribution in [1.82, 2.24) is 14.9 Å². The molecule has 1 saturated carbocycles. The van der Waals surface area contributed by atoms with Crippen LogP contribution in [0.1, 0.15) is 31.2 Å². The predicted octanol–water partition coefficient (Wildman–Crippen LogP) is 2.09. The standard InChI is InChI=1S/C16H20F3N5O2/c17-16(18,19)12-9-20-15(21-10-12)24-7-5-23(6-8-24)14(25)11-26-22-13-3-1-2-4-13/h9-10H,1-8,11H2. The van der Waals surface area contributed by atoms with Gasteiger partial charge >= 0.3 is 6.18 Å². The molecule has 0 bridgehead atoms. The van der Waals surface area contributed by atoms with E-state index in [0.29, 0.717) is 26.2 Å². The molecule has 2 fully saturated rings. The van der Waals surface area contributed by atoms with Crippen LogP contribution in [-0.4, -0.2) is 59.3 Å². The predicted molar refractivity (Wildman–Crippen MR) is 87.7 cm³/mol. The number of alkyl halides is 3. The van der Waals surface area contributed by atoms with E-state index in [-0.39, 0.29) is 18.5 Å². The van der Waals surface area contributed by atoms with Crippen molar-refractivity contribution < 1.29 is 22.8 Å². The first kappa shape index (κ1) is 18.4. The normalized spacial score (nSPS) is 18.2. The first-order chi connectivity index (χ1) is 12.4. The number of amides is 1. The Balaban J connectivity index is 1.46. The Morgan fingerprint density at radius 1 is 1.12 bits per heavy atom. The lowest BCUT2D eigenvalue weighted by Gasteiger charge is -2.34. The molecule has 10 heteroatoms. The van der Waals surface area contributed by atoms with Gasteiger partial charge in [-0.3, -0.25) is 4.79 Å². The van der Waals surface area contributed by atoms with Crippen molar-refractivity contribution in [2.75, 3.05) is 37.7 Å². The number of hydrogen-bond acceptors (Lipinski definition) is 6. The van der Waals surface area contributed by atoms with Crippen LogP contribution >= 0.6 is 0 Å². The van der Waals surface area contributed by atoms with Crippen molar-refractivity contribution in [2.24, 2.45) is 5.16 Å². The van der Waals surface area contributed by atoms with Crippen molar-refractivity contribution in [3.05, 3.63) is 18.0 Å². The fourth-order valence-corrected chi connectivity index (χ4v) is 2.93. The minimum absolute atomic E-state index is 0.0969. The summed E-state index contributed by atoms with van der Waals surface area (Å²) >= 11 is 0. The van der Waals surface area contributed by atoms with E-state index in [0.717, 1.165) is 43.8 Å². The number of rotatable bonds is 4. The van der Waals surface area contributed by atoms with Gasteiger partial charge in [0.05, 0.1) is 11.3 Å². The van der Waals surface area contributed by atoms with E-state index < -0.39 is 11.7 Å². The first-order valence-corrected chi connectivity index (χ1v) is 8.53. The molecular formula is C16H20F3N5O2. The highest BCUT2D eigenvalue weighted by molar-refractivity contribution is 5.85. The third-order valence-electron chi connectivity index (χ3n) is 4.44. The quantitative estimate of drug-likeness (QED) is 0.758. The zero-order valence-electron chi connectivity index (χ0n) is 14.2. The minimum Gasteiger partial charge on any atom is -0.386 e. The van der Waals surface area contributed by atoms with E-state index in [2.05, 4.69) is 15.1 Å². The zero-order chi connectivity index (χ0) is 18.6. The summed E-state index contributed by atoms with van der Waals surface area (Å²) in [5, 5.41) is 4.00. The second-order valence-corrected chi connectivity index (χ2v) is 6.28. The van der Waals surface area contributed by atoms with Gasteiger partial charge < -0.3 is 14.6 Å². The molecule has 0 atom stereocenters. The number of aromatic nitrogens is 2. The molecule has 26 heavy (non-hydrogen) atoms. The van der Waals surface area contributed by atoms with Gasteiger partial charge in [-0.25, -0.2) is 9.97 Å². The molecule has 142 valence electrons. The second kappa shape index (κ2) is 7.88. The van der Waals surface area contributed by atoms with Crippen LogP contribution in [0.2, 0.25) is 0 Å². The molecule has 3 rings (SSSR count). The monoisotopic (exact) mass is 371 g/mol. The number of piperazine rings is 1. The molecule has 0 unspecified atom stereocenters.